The molecule has 5 heteroatoms. The molecule has 3 aromatic rings. The number of Topliss-reactive ketones (excluding diaryl/α,β-unsaturated/α-hetero) is 1. The fraction of sp³-hybridized carbons (Fsp3) is 0.417. The van der Waals surface area contributed by atoms with E-state index in [2.05, 4.69) is 70.7 Å². The Balaban J connectivity index is 1.17. The van der Waals surface area contributed by atoms with Crippen molar-refractivity contribution in [2.75, 3.05) is 0 Å². The van der Waals surface area contributed by atoms with Gasteiger partial charge in [-0.05, 0) is 93.0 Å². The Morgan fingerprint density at radius 1 is 0.585 bits per heavy atom. The predicted molar refractivity (Wildman–Crippen MR) is 173 cm³/mol. The van der Waals surface area contributed by atoms with Gasteiger partial charge < -0.3 is 14.8 Å². The van der Waals surface area contributed by atoms with Crippen LogP contribution in [0.3, 0.4) is 0 Å². The summed E-state index contributed by atoms with van der Waals surface area (Å²) in [5.41, 5.74) is 9.51. The normalized spacial score (nSPS) is 12.3. The number of rotatable bonds is 15. The molecule has 0 spiro atoms. The Labute approximate surface area is 244 Å². The molecule has 0 unspecified atom stereocenters. The summed E-state index contributed by atoms with van der Waals surface area (Å²) in [6, 6.07) is 14.8. The number of hydrogen-bond donors (Lipinski definition) is 2. The van der Waals surface area contributed by atoms with E-state index in [1.807, 2.05) is 6.08 Å². The van der Waals surface area contributed by atoms with E-state index in [0.29, 0.717) is 5.78 Å². The molecule has 0 saturated carbocycles. The number of nitrogens with one attached hydrogen (secondary N) is 2. The van der Waals surface area contributed by atoms with Crippen LogP contribution in [0.5, 0.6) is 0 Å². The van der Waals surface area contributed by atoms with E-state index in [1.165, 1.54) is 76.2 Å². The second-order valence-corrected chi connectivity index (χ2v) is 11.6. The third kappa shape index (κ3) is 8.88. The third-order valence-corrected chi connectivity index (χ3v) is 8.03. The van der Waals surface area contributed by atoms with Crippen molar-refractivity contribution >= 4 is 52.2 Å². The van der Waals surface area contributed by atoms with Gasteiger partial charge in [0, 0.05) is 34.1 Å². The molecule has 0 aliphatic carbocycles. The second kappa shape index (κ2) is 14.8. The summed E-state index contributed by atoms with van der Waals surface area (Å²) >= 11 is 0. The van der Waals surface area contributed by atoms with Gasteiger partial charge >= 0.3 is 0 Å². The van der Waals surface area contributed by atoms with Gasteiger partial charge in [-0.2, -0.15) is 0 Å². The molecule has 214 valence electrons. The van der Waals surface area contributed by atoms with Gasteiger partial charge in [0.1, 0.15) is 5.78 Å². The Morgan fingerprint density at radius 3 is 1.83 bits per heavy atom. The summed E-state index contributed by atoms with van der Waals surface area (Å²) in [6.45, 7) is 1.70. The zero-order chi connectivity index (χ0) is 28.3. The Kier molecular flexibility index (Phi) is 10.4. The van der Waals surface area contributed by atoms with Crippen molar-refractivity contribution in [2.24, 2.45) is 0 Å². The lowest BCUT2D eigenvalue weighted by atomic mass is 10.0. The zero-order valence-electron chi connectivity index (χ0n) is 24.6. The molecule has 8 bridgehead atoms. The second-order valence-electron chi connectivity index (χ2n) is 11.6. The molecule has 5 nitrogen and oxygen atoms in total. The van der Waals surface area contributed by atoms with E-state index in [4.69, 9.17) is 9.97 Å². The van der Waals surface area contributed by atoms with Crippen molar-refractivity contribution in [1.82, 2.24) is 19.9 Å². The van der Waals surface area contributed by atoms with Crippen LogP contribution in [0.4, 0.5) is 0 Å². The first-order valence-electron chi connectivity index (χ1n) is 15.7. The standard InChI is InChI=1S/C36H44N4O/c1-27(41)14-12-10-8-6-4-2-3-5-7-9-11-13-15-34-35-22-20-32(39-35)25-30-18-16-28(37-30)24-29-17-19-31(38-29)26-33-21-23-36(34)40-33/h16-26,37,39H,2-15H2,1H3. The minimum Gasteiger partial charge on any atom is -0.355 e. The molecular formula is C36H44N4O. The van der Waals surface area contributed by atoms with E-state index < -0.39 is 0 Å². The summed E-state index contributed by atoms with van der Waals surface area (Å²) in [5.74, 6) is 0.327. The van der Waals surface area contributed by atoms with E-state index in [9.17, 15) is 4.79 Å². The van der Waals surface area contributed by atoms with Crippen molar-refractivity contribution in [2.45, 2.75) is 96.8 Å². The van der Waals surface area contributed by atoms with Crippen LogP contribution in [-0.4, -0.2) is 25.7 Å². The highest BCUT2D eigenvalue weighted by Gasteiger charge is 2.09. The zero-order valence-corrected chi connectivity index (χ0v) is 24.6. The first-order valence-corrected chi connectivity index (χ1v) is 15.7. The SMILES string of the molecule is CC(=O)CCCCCCCCCCCCCCc1c2nc(cc3nc(cc4ccc(cc5ccc1[nH]5)[nH]4)C=C3)C=C2. The van der Waals surface area contributed by atoms with Crippen LogP contribution >= 0.6 is 0 Å². The molecule has 5 rings (SSSR count). The molecule has 0 saturated heterocycles. The number of hydrogen-bond acceptors (Lipinski definition) is 3. The highest BCUT2D eigenvalue weighted by Crippen LogP contribution is 2.23. The average Bonchev–Trinajstić information content (AvgIpc) is 3.76. The lowest BCUT2D eigenvalue weighted by Gasteiger charge is -2.05. The van der Waals surface area contributed by atoms with Gasteiger partial charge in [0.2, 0.25) is 0 Å². The summed E-state index contributed by atoms with van der Waals surface area (Å²) in [4.78, 5) is 27.9. The molecule has 2 aliphatic rings. The molecule has 5 heterocycles. The van der Waals surface area contributed by atoms with Gasteiger partial charge in [-0.25, -0.2) is 9.97 Å². The summed E-state index contributed by atoms with van der Waals surface area (Å²) in [5, 5.41) is 0. The van der Waals surface area contributed by atoms with E-state index >= 15 is 0 Å². The number of carbonyl (C=O) groups is 1. The summed E-state index contributed by atoms with van der Waals surface area (Å²) in [7, 11) is 0. The number of aromatic amines is 2. The lowest BCUT2D eigenvalue weighted by molar-refractivity contribution is -0.117. The van der Waals surface area contributed by atoms with Crippen LogP contribution in [0.15, 0.2) is 42.5 Å². The molecule has 0 atom stereocenters. The number of unbranched alkanes of at least 4 members (excludes halogenated alkanes) is 11. The van der Waals surface area contributed by atoms with Gasteiger partial charge in [0.05, 0.1) is 22.8 Å². The summed E-state index contributed by atoms with van der Waals surface area (Å²) in [6.07, 6.45) is 25.4. The molecule has 0 radical (unpaired) electrons. The lowest BCUT2D eigenvalue weighted by Crippen LogP contribution is -1.92. The maximum atomic E-state index is 11.0. The quantitative estimate of drug-likeness (QED) is 0.128. The van der Waals surface area contributed by atoms with Gasteiger partial charge in [0.15, 0.2) is 0 Å². The number of aromatic nitrogens is 4. The van der Waals surface area contributed by atoms with E-state index in [-0.39, 0.29) is 0 Å². The number of nitrogens with zero attached hydrogens (tertiary/aromatic N) is 2. The molecule has 0 amide bonds. The molecule has 3 aromatic heterocycles. The predicted octanol–water partition coefficient (Wildman–Crippen LogP) is 9.86. The van der Waals surface area contributed by atoms with Crippen molar-refractivity contribution in [1.29, 1.82) is 0 Å². The summed E-state index contributed by atoms with van der Waals surface area (Å²) < 4.78 is 0. The van der Waals surface area contributed by atoms with Gasteiger partial charge in [0.25, 0.3) is 0 Å². The Hall–Kier alpha value is -3.73. The van der Waals surface area contributed by atoms with Crippen LogP contribution in [0.25, 0.3) is 46.4 Å². The number of H-pyrrole nitrogens is 2. The van der Waals surface area contributed by atoms with Gasteiger partial charge in [-0.15, -0.1) is 0 Å². The molecule has 0 fully saturated rings. The first kappa shape index (κ1) is 28.8. The molecule has 0 aromatic carbocycles. The van der Waals surface area contributed by atoms with Crippen LogP contribution < -0.4 is 0 Å². The number of aryl methyl sites for hydroxylation is 1. The van der Waals surface area contributed by atoms with Crippen LogP contribution in [0.2, 0.25) is 0 Å². The Bertz CT molecular complexity index is 1540. The van der Waals surface area contributed by atoms with Crippen LogP contribution in [-0.2, 0) is 11.2 Å². The fourth-order valence-electron chi connectivity index (χ4n) is 5.77. The first-order chi connectivity index (χ1) is 20.1. The average molecular weight is 549 g/mol. The highest BCUT2D eigenvalue weighted by molar-refractivity contribution is 5.79. The van der Waals surface area contributed by atoms with Crippen molar-refractivity contribution in [3.8, 4) is 0 Å². The van der Waals surface area contributed by atoms with E-state index in [0.717, 1.165) is 64.1 Å². The number of fused-ring (bicyclic) bond motifs is 8. The minimum atomic E-state index is 0.327. The topological polar surface area (TPSA) is 74.4 Å². The minimum absolute atomic E-state index is 0.327. The maximum absolute atomic E-state index is 11.0. The third-order valence-electron chi connectivity index (χ3n) is 8.03. The van der Waals surface area contributed by atoms with Gasteiger partial charge in [-0.1, -0.05) is 64.2 Å². The molecule has 41 heavy (non-hydrogen) atoms. The Morgan fingerprint density at radius 2 is 1.12 bits per heavy atom. The maximum Gasteiger partial charge on any atom is 0.129 e. The molecular weight excluding hydrogens is 504 g/mol. The van der Waals surface area contributed by atoms with E-state index in [1.54, 1.807) is 6.92 Å². The molecule has 2 N–H and O–H groups in total. The highest BCUT2D eigenvalue weighted by atomic mass is 16.1. The van der Waals surface area contributed by atoms with Crippen molar-refractivity contribution < 1.29 is 4.79 Å². The largest absolute Gasteiger partial charge is 0.355 e. The molecule has 2 aliphatic heterocycles. The van der Waals surface area contributed by atoms with Crippen molar-refractivity contribution in [3.63, 3.8) is 0 Å². The van der Waals surface area contributed by atoms with Gasteiger partial charge in [-0.3, -0.25) is 0 Å². The van der Waals surface area contributed by atoms with Crippen LogP contribution in [0.1, 0.15) is 119 Å². The fourth-order valence-corrected chi connectivity index (χ4v) is 5.77. The number of ketones is 1. The smallest absolute Gasteiger partial charge is 0.129 e. The number of carbonyl (C=O) groups excluding carboxylic acids is 1. The van der Waals surface area contributed by atoms with Crippen molar-refractivity contribution in [3.05, 3.63) is 70.8 Å². The monoisotopic (exact) mass is 548 g/mol. The van der Waals surface area contributed by atoms with Crippen LogP contribution in [0, 0.1) is 0 Å².